The van der Waals surface area contributed by atoms with Gasteiger partial charge in [-0.25, -0.2) is 9.78 Å². The molecule has 0 amide bonds. The van der Waals surface area contributed by atoms with Crippen molar-refractivity contribution in [3.63, 3.8) is 0 Å². The van der Waals surface area contributed by atoms with Crippen molar-refractivity contribution < 1.29 is 11.0 Å². The number of ether oxygens (including phenoxy) is 1. The van der Waals surface area contributed by atoms with Gasteiger partial charge in [0.1, 0.15) is 5.69 Å². The van der Waals surface area contributed by atoms with E-state index in [4.69, 9.17) is 0 Å². The minimum atomic E-state index is -0.401. The van der Waals surface area contributed by atoms with Crippen LogP contribution in [0.5, 0.6) is 0 Å². The van der Waals surface area contributed by atoms with Gasteiger partial charge in [0.05, 0.1) is 18.5 Å². The summed E-state index contributed by atoms with van der Waals surface area (Å²) in [7, 11) is 3.18. The van der Waals surface area contributed by atoms with Gasteiger partial charge in [-0.2, -0.15) is 0 Å². The second-order valence-electron chi connectivity index (χ2n) is 2.79. The minimum absolute atomic E-state index is 0. The summed E-state index contributed by atoms with van der Waals surface area (Å²) in [6.07, 6.45) is 0.779. The second-order valence-corrected chi connectivity index (χ2v) is 2.79. The highest BCUT2D eigenvalue weighted by Crippen LogP contribution is 2.14. The lowest BCUT2D eigenvalue weighted by Gasteiger charge is -2.07. The van der Waals surface area contributed by atoms with Gasteiger partial charge in [0, 0.05) is 8.47 Å². The van der Waals surface area contributed by atoms with E-state index in [1.165, 1.54) is 7.11 Å². The molecule has 0 bridgehead atoms. The summed E-state index contributed by atoms with van der Waals surface area (Å²) < 4.78 is 4.59. The molecule has 1 rings (SSSR count). The molecule has 0 aliphatic heterocycles. The van der Waals surface area contributed by atoms with E-state index in [0.29, 0.717) is 5.69 Å². The van der Waals surface area contributed by atoms with Crippen molar-refractivity contribution in [1.29, 1.82) is 0 Å². The SMILES string of the molecule is CCc1nc(C(=O)OC)ccc1NC.[HH]. The summed E-state index contributed by atoms with van der Waals surface area (Å²) >= 11 is 0. The number of anilines is 1. The van der Waals surface area contributed by atoms with E-state index >= 15 is 0 Å². The predicted molar refractivity (Wildman–Crippen MR) is 56.6 cm³/mol. The Morgan fingerprint density at radius 1 is 1.64 bits per heavy atom. The average Bonchev–Trinajstić information content (AvgIpc) is 2.26. The maximum Gasteiger partial charge on any atom is 0.356 e. The normalized spacial score (nSPS) is 9.64. The monoisotopic (exact) mass is 196 g/mol. The molecule has 4 nitrogen and oxygen atoms in total. The van der Waals surface area contributed by atoms with Crippen molar-refractivity contribution in [2.75, 3.05) is 19.5 Å². The molecular formula is C10H16N2O2. The molecular weight excluding hydrogens is 180 g/mol. The van der Waals surface area contributed by atoms with Crippen molar-refractivity contribution in [2.24, 2.45) is 0 Å². The van der Waals surface area contributed by atoms with Crippen molar-refractivity contribution in [3.05, 3.63) is 23.5 Å². The first-order valence-electron chi connectivity index (χ1n) is 4.49. The second kappa shape index (κ2) is 4.60. The number of carbonyl (C=O) groups excluding carboxylic acids is 1. The van der Waals surface area contributed by atoms with Crippen LogP contribution in [0, 0.1) is 0 Å². The van der Waals surface area contributed by atoms with Gasteiger partial charge >= 0.3 is 5.97 Å². The zero-order valence-corrected chi connectivity index (χ0v) is 8.63. The van der Waals surface area contributed by atoms with E-state index in [2.05, 4.69) is 15.0 Å². The third-order valence-electron chi connectivity index (χ3n) is 1.97. The Hall–Kier alpha value is -1.58. The molecule has 0 radical (unpaired) electrons. The molecule has 0 spiro atoms. The summed E-state index contributed by atoms with van der Waals surface area (Å²) in [6.45, 7) is 1.99. The lowest BCUT2D eigenvalue weighted by atomic mass is 10.2. The number of aryl methyl sites for hydroxylation is 1. The Balaban J connectivity index is 0.00000196. The number of hydrogen-bond donors (Lipinski definition) is 1. The van der Waals surface area contributed by atoms with E-state index in [0.717, 1.165) is 17.8 Å². The van der Waals surface area contributed by atoms with Gasteiger partial charge in [-0.15, -0.1) is 0 Å². The Labute approximate surface area is 84.8 Å². The predicted octanol–water partition coefficient (Wildman–Crippen LogP) is 1.72. The van der Waals surface area contributed by atoms with Crippen LogP contribution in [0.3, 0.4) is 0 Å². The number of nitrogens with zero attached hydrogens (tertiary/aromatic N) is 1. The fraction of sp³-hybridized carbons (Fsp3) is 0.400. The Morgan fingerprint density at radius 3 is 2.86 bits per heavy atom. The van der Waals surface area contributed by atoms with Crippen LogP contribution in [0.1, 0.15) is 24.5 Å². The molecule has 14 heavy (non-hydrogen) atoms. The van der Waals surface area contributed by atoms with Gasteiger partial charge < -0.3 is 10.1 Å². The molecule has 78 valence electrons. The zero-order chi connectivity index (χ0) is 10.6. The van der Waals surface area contributed by atoms with E-state index in [1.807, 2.05) is 20.0 Å². The largest absolute Gasteiger partial charge is 0.464 e. The smallest absolute Gasteiger partial charge is 0.356 e. The van der Waals surface area contributed by atoms with Gasteiger partial charge in [0.25, 0.3) is 0 Å². The van der Waals surface area contributed by atoms with Gasteiger partial charge in [-0.1, -0.05) is 6.92 Å². The number of nitrogens with one attached hydrogen (secondary N) is 1. The quantitative estimate of drug-likeness (QED) is 0.748. The first-order chi connectivity index (χ1) is 6.72. The van der Waals surface area contributed by atoms with Crippen LogP contribution in [-0.4, -0.2) is 25.1 Å². The topological polar surface area (TPSA) is 51.2 Å². The Bertz CT molecular complexity index is 342. The molecule has 1 heterocycles. The molecule has 0 fully saturated rings. The first-order valence-corrected chi connectivity index (χ1v) is 4.49. The number of methoxy groups -OCH3 is 1. The standard InChI is InChI=1S/C10H14N2O2.H2/c1-4-7-8(11-2)5-6-9(12-7)10(13)14-3;/h5-6,11H,4H2,1-3H3;1H. The third kappa shape index (κ3) is 2.02. The van der Waals surface area contributed by atoms with Crippen LogP contribution < -0.4 is 5.32 Å². The van der Waals surface area contributed by atoms with Crippen LogP contribution in [-0.2, 0) is 11.2 Å². The van der Waals surface area contributed by atoms with Crippen LogP contribution in [0.2, 0.25) is 0 Å². The highest BCUT2D eigenvalue weighted by Gasteiger charge is 2.09. The summed E-state index contributed by atoms with van der Waals surface area (Å²) in [6, 6.07) is 3.48. The fourth-order valence-corrected chi connectivity index (χ4v) is 1.22. The highest BCUT2D eigenvalue weighted by molar-refractivity contribution is 5.87. The Kier molecular flexibility index (Phi) is 3.45. The number of rotatable bonds is 3. The van der Waals surface area contributed by atoms with Gasteiger partial charge in [-0.3, -0.25) is 0 Å². The van der Waals surface area contributed by atoms with Crippen LogP contribution in [0.4, 0.5) is 5.69 Å². The highest BCUT2D eigenvalue weighted by atomic mass is 16.5. The summed E-state index contributed by atoms with van der Waals surface area (Å²) in [4.78, 5) is 15.4. The molecule has 0 atom stereocenters. The van der Waals surface area contributed by atoms with Gasteiger partial charge in [-0.05, 0) is 18.6 Å². The molecule has 1 aromatic heterocycles. The molecule has 0 unspecified atom stereocenters. The lowest BCUT2D eigenvalue weighted by Crippen LogP contribution is -2.07. The minimum Gasteiger partial charge on any atom is -0.464 e. The number of pyridine rings is 1. The molecule has 1 aromatic rings. The molecule has 4 heteroatoms. The van der Waals surface area contributed by atoms with E-state index in [9.17, 15) is 4.79 Å². The molecule has 0 aliphatic rings. The number of aromatic nitrogens is 1. The molecule has 1 N–H and O–H groups in total. The lowest BCUT2D eigenvalue weighted by molar-refractivity contribution is 0.0594. The number of carbonyl (C=O) groups is 1. The Morgan fingerprint density at radius 2 is 2.36 bits per heavy atom. The van der Waals surface area contributed by atoms with Crippen LogP contribution in [0.25, 0.3) is 0 Å². The van der Waals surface area contributed by atoms with Crippen LogP contribution in [0.15, 0.2) is 12.1 Å². The van der Waals surface area contributed by atoms with Crippen molar-refractivity contribution >= 4 is 11.7 Å². The van der Waals surface area contributed by atoms with Crippen molar-refractivity contribution in [2.45, 2.75) is 13.3 Å². The summed E-state index contributed by atoms with van der Waals surface area (Å²) in [5.41, 5.74) is 2.17. The third-order valence-corrected chi connectivity index (χ3v) is 1.97. The van der Waals surface area contributed by atoms with Crippen molar-refractivity contribution in [3.8, 4) is 0 Å². The summed E-state index contributed by atoms with van der Waals surface area (Å²) in [5.74, 6) is -0.401. The van der Waals surface area contributed by atoms with Crippen molar-refractivity contribution in [1.82, 2.24) is 4.98 Å². The molecule has 0 saturated carbocycles. The fourth-order valence-electron chi connectivity index (χ4n) is 1.22. The maximum atomic E-state index is 11.2. The maximum absolute atomic E-state index is 11.2. The average molecular weight is 196 g/mol. The number of esters is 1. The van der Waals surface area contributed by atoms with E-state index in [-0.39, 0.29) is 1.43 Å². The summed E-state index contributed by atoms with van der Waals surface area (Å²) in [5, 5.41) is 3.02. The van der Waals surface area contributed by atoms with E-state index < -0.39 is 5.97 Å². The van der Waals surface area contributed by atoms with E-state index in [1.54, 1.807) is 6.07 Å². The van der Waals surface area contributed by atoms with Gasteiger partial charge in [0.2, 0.25) is 0 Å². The van der Waals surface area contributed by atoms with Gasteiger partial charge in [0.15, 0.2) is 0 Å². The first kappa shape index (κ1) is 10.5. The number of hydrogen-bond acceptors (Lipinski definition) is 4. The van der Waals surface area contributed by atoms with Crippen LogP contribution >= 0.6 is 0 Å². The zero-order valence-electron chi connectivity index (χ0n) is 8.63. The molecule has 0 aliphatic carbocycles. The molecule has 0 saturated heterocycles. The molecule has 0 aromatic carbocycles.